The van der Waals surface area contributed by atoms with E-state index in [0.29, 0.717) is 46.3 Å². The number of allylic oxidation sites excluding steroid dienone is 3. The molecule has 46 heavy (non-hydrogen) atoms. The van der Waals surface area contributed by atoms with Gasteiger partial charge in [-0.2, -0.15) is 8.75 Å². The zero-order valence-corrected chi connectivity index (χ0v) is 32.7. The molecule has 0 aromatic carbocycles. The summed E-state index contributed by atoms with van der Waals surface area (Å²) in [4.78, 5) is 30.9. The first kappa shape index (κ1) is 36.0. The third-order valence-corrected chi connectivity index (χ3v) is 13.2. The Bertz CT molecular complexity index is 1550. The Kier molecular flexibility index (Phi) is 14.0. The molecular formula is C36H46Br2N3O2S3+. The Morgan fingerprint density at radius 1 is 0.761 bits per heavy atom. The molecule has 1 aliphatic heterocycles. The zero-order chi connectivity index (χ0) is 32.5. The summed E-state index contributed by atoms with van der Waals surface area (Å²) in [5.41, 5.74) is 3.82. The molecule has 5 nitrogen and oxygen atoms in total. The highest BCUT2D eigenvalue weighted by Gasteiger charge is 2.53. The van der Waals surface area contributed by atoms with E-state index in [2.05, 4.69) is 50.1 Å². The van der Waals surface area contributed by atoms with Gasteiger partial charge in [0.25, 0.3) is 11.4 Å². The molecule has 0 saturated heterocycles. The van der Waals surface area contributed by atoms with Crippen LogP contribution in [0, 0.1) is 10.8 Å². The molecule has 4 heterocycles. The summed E-state index contributed by atoms with van der Waals surface area (Å²) in [7, 11) is 0. The van der Waals surface area contributed by atoms with Crippen molar-refractivity contribution in [2.45, 2.75) is 129 Å². The summed E-state index contributed by atoms with van der Waals surface area (Å²) >= 11 is 11.4. The van der Waals surface area contributed by atoms with Gasteiger partial charge in [-0.15, -0.1) is 22.7 Å². The maximum absolute atomic E-state index is 14.6. The van der Waals surface area contributed by atoms with Gasteiger partial charge in [0.1, 0.15) is 22.1 Å². The number of halogens is 2. The highest BCUT2D eigenvalue weighted by atomic mass is 79.9. The van der Waals surface area contributed by atoms with Crippen molar-refractivity contribution in [2.75, 3.05) is 0 Å². The van der Waals surface area contributed by atoms with Crippen molar-refractivity contribution in [1.29, 1.82) is 0 Å². The van der Waals surface area contributed by atoms with Gasteiger partial charge in [-0.25, -0.2) is 0 Å². The second kappa shape index (κ2) is 17.9. The second-order valence-corrected chi connectivity index (χ2v) is 18.3. The molecule has 0 bridgehead atoms. The fourth-order valence-electron chi connectivity index (χ4n) is 6.92. The maximum Gasteiger partial charge on any atom is 0.290 e. The Balaban J connectivity index is 1.43. The molecule has 3 aromatic heterocycles. The number of carbonyl (C=O) groups is 1. The molecule has 1 aliphatic carbocycles. The van der Waals surface area contributed by atoms with Gasteiger partial charge < -0.3 is 0 Å². The molecule has 248 valence electrons. The van der Waals surface area contributed by atoms with E-state index in [1.165, 1.54) is 101 Å². The summed E-state index contributed by atoms with van der Waals surface area (Å²) in [5, 5.41) is 0. The predicted molar refractivity (Wildman–Crippen MR) is 202 cm³/mol. The number of fused-ring (bicyclic) bond motifs is 3. The summed E-state index contributed by atoms with van der Waals surface area (Å²) in [6.45, 7) is 4.53. The zero-order valence-electron chi connectivity index (χ0n) is 27.1. The van der Waals surface area contributed by atoms with Gasteiger partial charge in [0.15, 0.2) is 5.78 Å². The first-order chi connectivity index (χ1) is 22.4. The van der Waals surface area contributed by atoms with E-state index in [9.17, 15) is 9.70 Å². The fraction of sp³-hybridized carbons (Fsp3) is 0.583. The molecule has 2 atom stereocenters. The van der Waals surface area contributed by atoms with Crippen LogP contribution in [0.15, 0.2) is 43.1 Å². The number of hydrogen-bond acceptors (Lipinski definition) is 7. The molecule has 2 unspecified atom stereocenters. The Labute approximate surface area is 303 Å². The molecular weight excluding hydrogens is 762 g/mol. The van der Waals surface area contributed by atoms with Crippen LogP contribution in [0.2, 0.25) is 0 Å². The minimum absolute atomic E-state index is 0.0172. The summed E-state index contributed by atoms with van der Waals surface area (Å²) in [6.07, 6.45) is 20.7. The summed E-state index contributed by atoms with van der Waals surface area (Å²) < 4.78 is 12.4. The van der Waals surface area contributed by atoms with E-state index < -0.39 is 5.92 Å². The fourth-order valence-corrected chi connectivity index (χ4v) is 10.5. The van der Waals surface area contributed by atoms with E-state index in [1.807, 2.05) is 24.3 Å². The van der Waals surface area contributed by atoms with Crippen LogP contribution in [0.4, 0.5) is 0 Å². The standard InChI is InChI=1S/C36H46Br2N3O2S3/c1-3-5-7-9-11-12-14-16-18-24(17-15-13-10-8-6-4-2)23-25-30-32(35(41(25)43)27-20-22-29(38)45-27)34-33(39-46-40-34)31(36(30)42)26-19-21-28(37)44-26/h19-22,24,31H,3-18,23H2,1-2H3/q+1. The SMILES string of the molecule is CCCCCCCCCCC(CCCCCCCC)CC1=C2C(=O)C(c3ccc(Br)s3)c3nsnc3C2=C(c2ccc(Br)s2)[N+]1=O. The molecule has 0 radical (unpaired) electrons. The van der Waals surface area contributed by atoms with Gasteiger partial charge in [-0.3, -0.25) is 4.79 Å². The number of Topliss-reactive ketones (excluding diaryl/α,β-unsaturated/α-hetero) is 1. The van der Waals surface area contributed by atoms with Crippen molar-refractivity contribution in [3.8, 4) is 0 Å². The molecule has 10 heteroatoms. The van der Waals surface area contributed by atoms with Crippen LogP contribution in [0.3, 0.4) is 0 Å². The normalized spacial score (nSPS) is 16.9. The molecule has 2 aliphatic rings. The largest absolute Gasteiger partial charge is 0.293 e. The summed E-state index contributed by atoms with van der Waals surface area (Å²) in [6, 6.07) is 7.93. The molecule has 0 saturated carbocycles. The van der Waals surface area contributed by atoms with Crippen LogP contribution in [0.25, 0.3) is 11.3 Å². The third kappa shape index (κ3) is 8.63. The van der Waals surface area contributed by atoms with Gasteiger partial charge in [-0.05, 0) is 74.9 Å². The minimum Gasteiger partial charge on any atom is -0.293 e. The smallest absolute Gasteiger partial charge is 0.290 e. The number of ketones is 1. The first-order valence-corrected chi connectivity index (χ1v) is 21.2. The number of hydrogen-bond donors (Lipinski definition) is 0. The van der Waals surface area contributed by atoms with Crippen LogP contribution < -0.4 is 0 Å². The van der Waals surface area contributed by atoms with Crippen LogP contribution in [-0.2, 0) is 4.79 Å². The number of thiophene rings is 2. The van der Waals surface area contributed by atoms with Crippen molar-refractivity contribution in [1.82, 2.24) is 8.75 Å². The molecule has 0 spiro atoms. The van der Waals surface area contributed by atoms with Crippen molar-refractivity contribution in [2.24, 2.45) is 5.92 Å². The monoisotopic (exact) mass is 806 g/mol. The topological polar surface area (TPSA) is 62.9 Å². The van der Waals surface area contributed by atoms with Crippen LogP contribution in [0.1, 0.15) is 150 Å². The van der Waals surface area contributed by atoms with Gasteiger partial charge in [0.2, 0.25) is 0 Å². The third-order valence-electron chi connectivity index (χ3n) is 9.36. The number of rotatable bonds is 20. The van der Waals surface area contributed by atoms with Crippen molar-refractivity contribution in [3.63, 3.8) is 0 Å². The molecule has 3 aromatic rings. The maximum atomic E-state index is 14.6. The molecule has 5 rings (SSSR count). The van der Waals surface area contributed by atoms with Crippen molar-refractivity contribution < 1.29 is 9.55 Å². The highest BCUT2D eigenvalue weighted by molar-refractivity contribution is 9.11. The lowest BCUT2D eigenvalue weighted by Gasteiger charge is -2.20. The van der Waals surface area contributed by atoms with Crippen LogP contribution >= 0.6 is 66.3 Å². The number of carbonyl (C=O) groups excluding carboxylic acids is 1. The Hall–Kier alpha value is -1.33. The van der Waals surface area contributed by atoms with Gasteiger partial charge >= 0.3 is 0 Å². The Morgan fingerprint density at radius 2 is 1.35 bits per heavy atom. The van der Waals surface area contributed by atoms with Crippen molar-refractivity contribution >= 4 is 83.3 Å². The average molecular weight is 809 g/mol. The van der Waals surface area contributed by atoms with Gasteiger partial charge in [-0.1, -0.05) is 104 Å². The van der Waals surface area contributed by atoms with Crippen LogP contribution in [-0.4, -0.2) is 19.3 Å². The quantitative estimate of drug-likeness (QED) is 0.0842. The van der Waals surface area contributed by atoms with Gasteiger partial charge in [0.05, 0.1) is 35.3 Å². The highest BCUT2D eigenvalue weighted by Crippen LogP contribution is 2.53. The second-order valence-electron chi connectivity index (χ2n) is 12.8. The lowest BCUT2D eigenvalue weighted by molar-refractivity contribution is -0.398. The molecule has 0 N–H and O–H groups in total. The lowest BCUT2D eigenvalue weighted by atomic mass is 9.79. The van der Waals surface area contributed by atoms with E-state index in [4.69, 9.17) is 4.37 Å². The molecule has 0 amide bonds. The average Bonchev–Trinajstić information content (AvgIpc) is 3.84. The van der Waals surface area contributed by atoms with E-state index in [0.717, 1.165) is 46.7 Å². The summed E-state index contributed by atoms with van der Waals surface area (Å²) in [5.74, 6) is -0.180. The van der Waals surface area contributed by atoms with Gasteiger partial charge in [0, 0.05) is 16.2 Å². The predicted octanol–water partition coefficient (Wildman–Crippen LogP) is 13.1. The van der Waals surface area contributed by atoms with E-state index in [-0.39, 0.29) is 5.78 Å². The van der Waals surface area contributed by atoms with E-state index in [1.54, 1.807) is 11.3 Å². The first-order valence-electron chi connectivity index (χ1n) is 17.3. The number of nitroso groups, excluding NO2 is 1. The van der Waals surface area contributed by atoms with Crippen LogP contribution in [0.5, 0.6) is 0 Å². The Morgan fingerprint density at radius 3 is 1.91 bits per heavy atom. The van der Waals surface area contributed by atoms with E-state index >= 15 is 0 Å². The lowest BCUT2D eigenvalue weighted by Crippen LogP contribution is -2.23. The molecule has 0 fully saturated rings. The number of aromatic nitrogens is 2. The number of unbranched alkanes of at least 4 members (excludes halogenated alkanes) is 12. The van der Waals surface area contributed by atoms with Crippen molar-refractivity contribution in [3.05, 3.63) is 69.2 Å². The number of nitrogens with zero attached hydrogens (tertiary/aromatic N) is 3. The minimum atomic E-state index is -0.536.